The molecule has 3 aromatic rings. The van der Waals surface area contributed by atoms with E-state index >= 15 is 0 Å². The zero-order chi connectivity index (χ0) is 18.8. The monoisotopic (exact) mass is 384 g/mol. The number of aliphatic hydroxyl groups is 1. The molecule has 1 aliphatic heterocycles. The largest absolute Gasteiger partial charge is 0.391 e. The van der Waals surface area contributed by atoms with Crippen LogP contribution in [0.4, 0.5) is 5.69 Å². The summed E-state index contributed by atoms with van der Waals surface area (Å²) in [5.41, 5.74) is 1.91. The lowest BCUT2D eigenvalue weighted by Crippen LogP contribution is -2.32. The molecule has 1 amide bonds. The van der Waals surface area contributed by atoms with Gasteiger partial charge in [-0.1, -0.05) is 6.07 Å². The van der Waals surface area contributed by atoms with Crippen molar-refractivity contribution >= 4 is 23.4 Å². The maximum atomic E-state index is 11.9. The fourth-order valence-corrected chi connectivity index (χ4v) is 4.29. The lowest BCUT2D eigenvalue weighted by Gasteiger charge is -2.28. The molecule has 3 heterocycles. The Bertz CT molecular complexity index is 912. The fourth-order valence-electron chi connectivity index (χ4n) is 3.24. The number of carbonyl (C=O) groups is 1. The molecule has 0 spiro atoms. The van der Waals surface area contributed by atoms with Crippen molar-refractivity contribution in [2.24, 2.45) is 0 Å². The van der Waals surface area contributed by atoms with Gasteiger partial charge in [0.15, 0.2) is 0 Å². The quantitative estimate of drug-likeness (QED) is 0.691. The summed E-state index contributed by atoms with van der Waals surface area (Å²) in [5, 5.41) is 15.1. The first-order valence-corrected chi connectivity index (χ1v) is 9.60. The Balaban J connectivity index is 1.64. The molecule has 1 N–H and O–H groups in total. The van der Waals surface area contributed by atoms with Gasteiger partial charge in [0, 0.05) is 30.3 Å². The smallest absolute Gasteiger partial charge is 0.237 e. The molecule has 0 saturated carbocycles. The third-order valence-corrected chi connectivity index (χ3v) is 5.80. The number of imidazole rings is 1. The summed E-state index contributed by atoms with van der Waals surface area (Å²) in [6.45, 7) is 0.941. The minimum atomic E-state index is -0.630. The Kier molecular flexibility index (Phi) is 4.95. The van der Waals surface area contributed by atoms with Crippen molar-refractivity contribution in [3.05, 3.63) is 55.1 Å². The van der Waals surface area contributed by atoms with E-state index in [9.17, 15) is 9.90 Å². The summed E-state index contributed by atoms with van der Waals surface area (Å²) < 4.78 is 3.59. The van der Waals surface area contributed by atoms with E-state index in [0.29, 0.717) is 18.8 Å². The number of anilines is 1. The van der Waals surface area contributed by atoms with Gasteiger partial charge in [0.25, 0.3) is 0 Å². The average molecular weight is 384 g/mol. The van der Waals surface area contributed by atoms with Crippen LogP contribution in [0.5, 0.6) is 0 Å². The molecule has 140 valence electrons. The highest BCUT2D eigenvalue weighted by atomic mass is 32.2. The molecule has 4 rings (SSSR count). The highest BCUT2D eigenvalue weighted by Gasteiger charge is 2.26. The van der Waals surface area contributed by atoms with Gasteiger partial charge in [0.2, 0.25) is 5.91 Å². The first-order chi connectivity index (χ1) is 13.1. The summed E-state index contributed by atoms with van der Waals surface area (Å²) in [5.74, 6) is 0.348. The van der Waals surface area contributed by atoms with E-state index in [0.717, 1.165) is 16.1 Å². The van der Waals surface area contributed by atoms with E-state index in [4.69, 9.17) is 0 Å². The number of benzene rings is 1. The highest BCUT2D eigenvalue weighted by molar-refractivity contribution is 8.00. The molecule has 1 aliphatic rings. The third kappa shape index (κ3) is 3.74. The fraction of sp³-hybridized carbons (Fsp3) is 0.333. The second-order valence-corrected chi connectivity index (χ2v) is 7.54. The standard InChI is InChI=1S/C18H20N6O2S/c1-22-15-3-2-13(6-17(15)27-9-18(22)26)14(7-24-12-20-10-21-24)16(25)8-23-5-4-19-11-23/h2-6,10-12,14,16,25H,7-9H2,1H3. The van der Waals surface area contributed by atoms with Crippen LogP contribution in [0.15, 0.2) is 54.5 Å². The number of aromatic nitrogens is 5. The predicted molar refractivity (Wildman–Crippen MR) is 102 cm³/mol. The zero-order valence-electron chi connectivity index (χ0n) is 14.8. The normalized spacial score (nSPS) is 16.2. The average Bonchev–Trinajstić information content (AvgIpc) is 3.36. The van der Waals surface area contributed by atoms with Gasteiger partial charge in [-0.3, -0.25) is 9.48 Å². The number of carbonyl (C=O) groups excluding carboxylic acids is 1. The number of nitrogens with zero attached hydrogens (tertiary/aromatic N) is 6. The number of amides is 1. The van der Waals surface area contributed by atoms with Gasteiger partial charge in [0.1, 0.15) is 12.7 Å². The van der Waals surface area contributed by atoms with Gasteiger partial charge in [0.05, 0.1) is 37.0 Å². The molecule has 27 heavy (non-hydrogen) atoms. The van der Waals surface area contributed by atoms with Gasteiger partial charge in [-0.15, -0.1) is 11.8 Å². The predicted octanol–water partition coefficient (Wildman–Crippen LogP) is 1.39. The maximum absolute atomic E-state index is 11.9. The first kappa shape index (κ1) is 17.7. The number of rotatable bonds is 6. The molecule has 0 aliphatic carbocycles. The van der Waals surface area contributed by atoms with Gasteiger partial charge in [-0.25, -0.2) is 9.97 Å². The van der Waals surface area contributed by atoms with Crippen LogP contribution < -0.4 is 4.90 Å². The third-order valence-electron chi connectivity index (χ3n) is 4.77. The van der Waals surface area contributed by atoms with E-state index in [1.54, 1.807) is 35.5 Å². The molecule has 2 aromatic heterocycles. The van der Waals surface area contributed by atoms with Gasteiger partial charge in [-0.05, 0) is 17.7 Å². The summed E-state index contributed by atoms with van der Waals surface area (Å²) >= 11 is 1.53. The second-order valence-electron chi connectivity index (χ2n) is 6.52. The van der Waals surface area contributed by atoms with E-state index < -0.39 is 6.10 Å². The molecule has 2 atom stereocenters. The van der Waals surface area contributed by atoms with E-state index in [2.05, 4.69) is 21.1 Å². The Hall–Kier alpha value is -2.65. The molecule has 1 aromatic carbocycles. The number of hydrogen-bond donors (Lipinski definition) is 1. The van der Waals surface area contributed by atoms with Crippen LogP contribution in [0.2, 0.25) is 0 Å². The lowest BCUT2D eigenvalue weighted by atomic mass is 9.92. The summed E-state index contributed by atoms with van der Waals surface area (Å²) in [7, 11) is 1.79. The van der Waals surface area contributed by atoms with Crippen LogP contribution in [0.25, 0.3) is 0 Å². The van der Waals surface area contributed by atoms with Crippen molar-refractivity contribution in [1.82, 2.24) is 24.3 Å². The summed E-state index contributed by atoms with van der Waals surface area (Å²) in [6.07, 6.45) is 7.73. The highest BCUT2D eigenvalue weighted by Crippen LogP contribution is 2.37. The number of aliphatic hydroxyl groups excluding tert-OH is 1. The number of thioether (sulfide) groups is 1. The molecule has 0 fully saturated rings. The Morgan fingerprint density at radius 1 is 1.26 bits per heavy atom. The topological polar surface area (TPSA) is 89.1 Å². The summed E-state index contributed by atoms with van der Waals surface area (Å²) in [6, 6.07) is 6.00. The maximum Gasteiger partial charge on any atom is 0.237 e. The van der Waals surface area contributed by atoms with Crippen molar-refractivity contribution in [2.45, 2.75) is 30.0 Å². The van der Waals surface area contributed by atoms with Crippen LogP contribution in [0, 0.1) is 0 Å². The SMILES string of the molecule is CN1C(=O)CSc2cc(C(Cn3cncn3)C(O)Cn3ccnc3)ccc21. The Labute approximate surface area is 160 Å². The van der Waals surface area contributed by atoms with E-state index in [1.807, 2.05) is 22.9 Å². The molecule has 8 nitrogen and oxygen atoms in total. The van der Waals surface area contributed by atoms with Crippen LogP contribution >= 0.6 is 11.8 Å². The van der Waals surface area contributed by atoms with Crippen molar-refractivity contribution < 1.29 is 9.90 Å². The molecular formula is C18H20N6O2S. The van der Waals surface area contributed by atoms with Crippen molar-refractivity contribution in [3.8, 4) is 0 Å². The Morgan fingerprint density at radius 3 is 2.89 bits per heavy atom. The molecule has 9 heteroatoms. The molecule has 0 saturated heterocycles. The van der Waals surface area contributed by atoms with Crippen LogP contribution in [-0.4, -0.2) is 54.2 Å². The zero-order valence-corrected chi connectivity index (χ0v) is 15.7. The molecular weight excluding hydrogens is 364 g/mol. The van der Waals surface area contributed by atoms with Crippen LogP contribution in [0.1, 0.15) is 11.5 Å². The van der Waals surface area contributed by atoms with Crippen LogP contribution in [-0.2, 0) is 17.9 Å². The van der Waals surface area contributed by atoms with Gasteiger partial charge < -0.3 is 14.6 Å². The molecule has 2 unspecified atom stereocenters. The van der Waals surface area contributed by atoms with E-state index in [1.165, 1.54) is 18.1 Å². The summed E-state index contributed by atoms with van der Waals surface area (Å²) in [4.78, 5) is 22.7. The van der Waals surface area contributed by atoms with E-state index in [-0.39, 0.29) is 11.8 Å². The van der Waals surface area contributed by atoms with Crippen molar-refractivity contribution in [3.63, 3.8) is 0 Å². The minimum absolute atomic E-state index is 0.0968. The first-order valence-electron chi connectivity index (χ1n) is 8.61. The van der Waals surface area contributed by atoms with Gasteiger partial charge >= 0.3 is 0 Å². The van der Waals surface area contributed by atoms with Gasteiger partial charge in [-0.2, -0.15) is 5.10 Å². The number of hydrogen-bond acceptors (Lipinski definition) is 6. The minimum Gasteiger partial charge on any atom is -0.391 e. The molecule has 0 bridgehead atoms. The molecule has 0 radical (unpaired) electrons. The Morgan fingerprint density at radius 2 is 2.15 bits per heavy atom. The van der Waals surface area contributed by atoms with Crippen molar-refractivity contribution in [2.75, 3.05) is 17.7 Å². The lowest BCUT2D eigenvalue weighted by molar-refractivity contribution is -0.116. The van der Waals surface area contributed by atoms with Crippen molar-refractivity contribution in [1.29, 1.82) is 0 Å². The second kappa shape index (κ2) is 7.53. The number of fused-ring (bicyclic) bond motifs is 1. The van der Waals surface area contributed by atoms with Crippen LogP contribution in [0.3, 0.4) is 0 Å².